The molecule has 0 radical (unpaired) electrons. The smallest absolute Gasteiger partial charge is 0.418 e. The molecule has 0 bridgehead atoms. The van der Waals surface area contributed by atoms with Crippen molar-refractivity contribution in [3.8, 4) is 17.1 Å². The molecule has 1 aliphatic rings. The third-order valence-corrected chi connectivity index (χ3v) is 12.5. The van der Waals surface area contributed by atoms with E-state index in [9.17, 15) is 27.6 Å². The maximum atomic E-state index is 14.4. The number of para-hydroxylation sites is 1. The van der Waals surface area contributed by atoms with Crippen LogP contribution in [0, 0.1) is 0 Å². The van der Waals surface area contributed by atoms with Gasteiger partial charge < -0.3 is 19.8 Å². The minimum atomic E-state index is -4.28. The van der Waals surface area contributed by atoms with Gasteiger partial charge in [0, 0.05) is 5.56 Å². The lowest BCUT2D eigenvalue weighted by Crippen LogP contribution is -2.53. The summed E-state index contributed by atoms with van der Waals surface area (Å²) < 4.78 is 41.1. The highest BCUT2D eigenvalue weighted by Crippen LogP contribution is 2.33. The van der Waals surface area contributed by atoms with E-state index in [0.717, 1.165) is 19.3 Å². The molecule has 0 spiro atoms. The standard InChI is InChI=1S/C47H60ClN5O8S/c1-4-5-6-7-8-9-10-11-12-13-14-15-16-17-18-24-31-60-40-30-29-35(62(58,59)52-37-28-23-22-27-36(37)48)32-38(40)51-44(55)41(53-45(56)47(2,3)61-46(53)57)42(54)39-33-49-43(50-39)34-25-20-19-21-26-34/h19-23,25-30,32-33,41,52H,4-18,24,31H2,1-3H3,(H,49,50)(H,51,55). The van der Waals surface area contributed by atoms with Crippen LogP contribution < -0.4 is 14.8 Å². The number of H-pyrrole nitrogens is 1. The monoisotopic (exact) mass is 889 g/mol. The van der Waals surface area contributed by atoms with Crippen LogP contribution in [-0.4, -0.2) is 65.2 Å². The molecule has 1 atom stereocenters. The summed E-state index contributed by atoms with van der Waals surface area (Å²) in [5, 5.41) is 2.77. The number of imidazole rings is 1. The Morgan fingerprint density at radius 2 is 1.39 bits per heavy atom. The number of Topliss-reactive ketones (excluding diaryl/α,β-unsaturated/α-hetero) is 1. The van der Waals surface area contributed by atoms with Gasteiger partial charge in [-0.2, -0.15) is 0 Å². The molecule has 1 saturated heterocycles. The van der Waals surface area contributed by atoms with E-state index in [2.05, 4.69) is 26.9 Å². The van der Waals surface area contributed by atoms with Crippen molar-refractivity contribution < 1.29 is 37.1 Å². The molecule has 1 aliphatic heterocycles. The van der Waals surface area contributed by atoms with Gasteiger partial charge in [-0.3, -0.25) is 19.1 Å². The van der Waals surface area contributed by atoms with Crippen molar-refractivity contribution >= 4 is 56.7 Å². The third-order valence-electron chi connectivity index (χ3n) is 10.8. The van der Waals surface area contributed by atoms with Crippen molar-refractivity contribution in [2.24, 2.45) is 0 Å². The lowest BCUT2D eigenvalue weighted by atomic mass is 10.0. The SMILES string of the molecule is CCCCCCCCCCCCCCCCCCOc1ccc(S(=O)(=O)Nc2ccccc2Cl)cc1NC(=O)C(C(=O)c1cnc(-c2ccccc2)[nH]1)N1C(=O)OC(C)(C)C1=O. The van der Waals surface area contributed by atoms with Crippen LogP contribution in [-0.2, 0) is 24.3 Å². The number of ether oxygens (including phenoxy) is 2. The maximum Gasteiger partial charge on any atom is 0.418 e. The quantitative estimate of drug-likeness (QED) is 0.0299. The molecule has 334 valence electrons. The van der Waals surface area contributed by atoms with Crippen molar-refractivity contribution in [3.63, 3.8) is 0 Å². The van der Waals surface area contributed by atoms with Crippen LogP contribution in [0.5, 0.6) is 5.75 Å². The Labute approximate surface area is 370 Å². The van der Waals surface area contributed by atoms with Crippen molar-refractivity contribution in [2.45, 2.75) is 140 Å². The highest BCUT2D eigenvalue weighted by molar-refractivity contribution is 7.92. The van der Waals surface area contributed by atoms with Crippen LogP contribution >= 0.6 is 11.6 Å². The largest absolute Gasteiger partial charge is 0.491 e. The number of unbranched alkanes of at least 4 members (excludes halogenated alkanes) is 15. The Hall–Kier alpha value is -5.21. The highest BCUT2D eigenvalue weighted by atomic mass is 35.5. The Kier molecular flexibility index (Phi) is 18.0. The minimum Gasteiger partial charge on any atom is -0.491 e. The molecule has 1 unspecified atom stereocenters. The van der Waals surface area contributed by atoms with E-state index in [1.807, 2.05) is 6.07 Å². The molecule has 0 saturated carbocycles. The van der Waals surface area contributed by atoms with Gasteiger partial charge >= 0.3 is 6.09 Å². The summed E-state index contributed by atoms with van der Waals surface area (Å²) in [7, 11) is -4.28. The number of halogens is 1. The van der Waals surface area contributed by atoms with Gasteiger partial charge in [0.05, 0.1) is 34.1 Å². The fourth-order valence-corrected chi connectivity index (χ4v) is 8.62. The Balaban J connectivity index is 1.27. The molecule has 1 fully saturated rings. The van der Waals surface area contributed by atoms with Crippen LogP contribution in [0.15, 0.2) is 83.9 Å². The first-order chi connectivity index (χ1) is 29.8. The number of aromatic nitrogens is 2. The zero-order chi connectivity index (χ0) is 44.5. The second kappa shape index (κ2) is 23.3. The number of imide groups is 1. The van der Waals surface area contributed by atoms with Gasteiger partial charge in [0.15, 0.2) is 11.6 Å². The van der Waals surface area contributed by atoms with Gasteiger partial charge in [0.1, 0.15) is 17.3 Å². The summed E-state index contributed by atoms with van der Waals surface area (Å²) in [5.74, 6) is -2.56. The lowest BCUT2D eigenvalue weighted by molar-refractivity contribution is -0.137. The van der Waals surface area contributed by atoms with Gasteiger partial charge in [0.25, 0.3) is 21.8 Å². The normalized spacial score (nSPS) is 14.1. The average Bonchev–Trinajstić information content (AvgIpc) is 3.82. The molecule has 3 aromatic carbocycles. The second-order valence-corrected chi connectivity index (χ2v) is 18.3. The van der Waals surface area contributed by atoms with Crippen LogP contribution in [0.2, 0.25) is 5.02 Å². The molecule has 2 heterocycles. The van der Waals surface area contributed by atoms with E-state index in [4.69, 9.17) is 21.1 Å². The van der Waals surface area contributed by atoms with Crippen LogP contribution in [0.3, 0.4) is 0 Å². The summed E-state index contributed by atoms with van der Waals surface area (Å²) in [6, 6.07) is 17.1. The third kappa shape index (κ3) is 13.4. The number of hydrogen-bond acceptors (Lipinski definition) is 9. The Morgan fingerprint density at radius 1 is 0.806 bits per heavy atom. The van der Waals surface area contributed by atoms with Gasteiger partial charge in [-0.25, -0.2) is 23.1 Å². The number of nitrogens with zero attached hydrogens (tertiary/aromatic N) is 2. The Morgan fingerprint density at radius 3 is 1.97 bits per heavy atom. The first-order valence-corrected chi connectivity index (χ1v) is 23.7. The number of hydrogen-bond donors (Lipinski definition) is 3. The molecular formula is C47H60ClN5O8S. The number of carbonyl (C=O) groups is 4. The molecule has 1 aromatic heterocycles. The van der Waals surface area contributed by atoms with Crippen molar-refractivity contribution in [3.05, 3.63) is 89.7 Å². The number of sulfonamides is 1. The number of nitrogens with one attached hydrogen (secondary N) is 3. The second-order valence-electron chi connectivity index (χ2n) is 16.2. The van der Waals surface area contributed by atoms with Gasteiger partial charge in [0.2, 0.25) is 5.78 Å². The van der Waals surface area contributed by atoms with Crippen LogP contribution in [0.4, 0.5) is 16.2 Å². The zero-order valence-corrected chi connectivity index (χ0v) is 37.6. The maximum absolute atomic E-state index is 14.4. The minimum absolute atomic E-state index is 0.111. The summed E-state index contributed by atoms with van der Waals surface area (Å²) >= 11 is 6.25. The molecule has 13 nitrogen and oxygen atoms in total. The van der Waals surface area contributed by atoms with E-state index in [1.54, 1.807) is 36.4 Å². The van der Waals surface area contributed by atoms with E-state index in [1.165, 1.54) is 127 Å². The first-order valence-electron chi connectivity index (χ1n) is 21.9. The number of ketones is 1. The molecule has 3 N–H and O–H groups in total. The number of carbonyl (C=O) groups excluding carboxylic acids is 4. The van der Waals surface area contributed by atoms with Gasteiger partial charge in [-0.15, -0.1) is 0 Å². The topological polar surface area (TPSA) is 177 Å². The van der Waals surface area contributed by atoms with E-state index in [-0.39, 0.29) is 39.3 Å². The molecule has 3 amide bonds. The van der Waals surface area contributed by atoms with Crippen molar-refractivity contribution in [2.75, 3.05) is 16.6 Å². The van der Waals surface area contributed by atoms with Crippen molar-refractivity contribution in [1.82, 2.24) is 14.9 Å². The molecule has 4 aromatic rings. The van der Waals surface area contributed by atoms with Crippen LogP contribution in [0.25, 0.3) is 11.4 Å². The van der Waals surface area contributed by atoms with E-state index < -0.39 is 45.4 Å². The predicted octanol–water partition coefficient (Wildman–Crippen LogP) is 11.1. The van der Waals surface area contributed by atoms with E-state index in [0.29, 0.717) is 22.7 Å². The summed E-state index contributed by atoms with van der Waals surface area (Å²) in [5.41, 5.74) is -1.15. The summed E-state index contributed by atoms with van der Waals surface area (Å²) in [6.07, 6.45) is 19.5. The van der Waals surface area contributed by atoms with Gasteiger partial charge in [-0.1, -0.05) is 157 Å². The van der Waals surface area contributed by atoms with Crippen molar-refractivity contribution in [1.29, 1.82) is 0 Å². The Bertz CT molecular complexity index is 2230. The summed E-state index contributed by atoms with van der Waals surface area (Å²) in [4.78, 5) is 62.7. The number of amides is 3. The van der Waals surface area contributed by atoms with Crippen LogP contribution in [0.1, 0.15) is 134 Å². The first kappa shape index (κ1) is 47.8. The van der Waals surface area contributed by atoms with Gasteiger partial charge in [-0.05, 0) is 50.6 Å². The van der Waals surface area contributed by atoms with E-state index >= 15 is 0 Å². The molecule has 5 rings (SSSR count). The summed E-state index contributed by atoms with van der Waals surface area (Å²) in [6.45, 7) is 5.20. The fourth-order valence-electron chi connectivity index (χ4n) is 7.28. The number of anilines is 2. The predicted molar refractivity (Wildman–Crippen MR) is 242 cm³/mol. The lowest BCUT2D eigenvalue weighted by Gasteiger charge is -2.23. The number of rotatable bonds is 27. The molecule has 15 heteroatoms. The molecule has 62 heavy (non-hydrogen) atoms. The number of cyclic esters (lactones) is 1. The number of aromatic amines is 1. The number of benzene rings is 3. The zero-order valence-electron chi connectivity index (χ0n) is 36.1. The average molecular weight is 891 g/mol. The molecule has 0 aliphatic carbocycles. The highest BCUT2D eigenvalue weighted by Gasteiger charge is 2.54. The fraction of sp³-hybridized carbons (Fsp3) is 0.468. The molecular weight excluding hydrogens is 830 g/mol.